The van der Waals surface area contributed by atoms with Crippen LogP contribution in [0.5, 0.6) is 5.75 Å². The molecule has 2 aliphatic rings. The number of nitrogens with zero attached hydrogens (tertiary/aromatic N) is 5. The number of likely N-dealkylation sites (tertiary alicyclic amines) is 1. The van der Waals surface area contributed by atoms with Gasteiger partial charge < -0.3 is 29.3 Å². The van der Waals surface area contributed by atoms with E-state index < -0.39 is 0 Å². The third-order valence-corrected chi connectivity index (χ3v) is 7.60. The van der Waals surface area contributed by atoms with Crippen molar-refractivity contribution in [3.8, 4) is 17.1 Å². The molecule has 0 saturated carbocycles. The van der Waals surface area contributed by atoms with E-state index in [2.05, 4.69) is 50.7 Å². The number of amides is 2. The molecule has 2 saturated heterocycles. The Morgan fingerprint density at radius 3 is 2.45 bits per heavy atom. The van der Waals surface area contributed by atoms with Crippen molar-refractivity contribution in [3.63, 3.8) is 0 Å². The second kappa shape index (κ2) is 12.8. The van der Waals surface area contributed by atoms with Crippen molar-refractivity contribution in [3.05, 3.63) is 60.2 Å². The number of nitrogens with one attached hydrogen (secondary N) is 1. The van der Waals surface area contributed by atoms with Crippen LogP contribution in [0.3, 0.4) is 0 Å². The molecule has 9 heteroatoms. The van der Waals surface area contributed by atoms with Crippen LogP contribution in [-0.2, 0) is 6.42 Å². The van der Waals surface area contributed by atoms with E-state index in [-0.39, 0.29) is 6.03 Å². The molecule has 38 heavy (non-hydrogen) atoms. The summed E-state index contributed by atoms with van der Waals surface area (Å²) in [7, 11) is 1.64. The Hall–Kier alpha value is -3.59. The molecule has 202 valence electrons. The van der Waals surface area contributed by atoms with E-state index >= 15 is 0 Å². The Kier molecular flexibility index (Phi) is 8.75. The van der Waals surface area contributed by atoms with Crippen LogP contribution in [0.15, 0.2) is 59.1 Å². The van der Waals surface area contributed by atoms with Crippen LogP contribution in [0.25, 0.3) is 11.4 Å². The Morgan fingerprint density at radius 1 is 1.00 bits per heavy atom. The maximum absolute atomic E-state index is 12.7. The molecule has 1 aromatic heterocycles. The van der Waals surface area contributed by atoms with Gasteiger partial charge >= 0.3 is 12.0 Å². The molecule has 3 aromatic rings. The summed E-state index contributed by atoms with van der Waals surface area (Å²) in [6.07, 6.45) is 4.68. The van der Waals surface area contributed by atoms with Gasteiger partial charge in [0.2, 0.25) is 5.82 Å². The number of carbonyl (C=O) groups is 1. The van der Waals surface area contributed by atoms with Gasteiger partial charge in [-0.2, -0.15) is 4.98 Å². The lowest BCUT2D eigenvalue weighted by Crippen LogP contribution is -2.52. The molecule has 0 unspecified atom stereocenters. The van der Waals surface area contributed by atoms with E-state index in [1.54, 1.807) is 7.11 Å². The van der Waals surface area contributed by atoms with Crippen molar-refractivity contribution in [1.82, 2.24) is 25.3 Å². The molecule has 0 spiro atoms. The minimum atomic E-state index is 0.00988. The lowest BCUT2D eigenvalue weighted by molar-refractivity contribution is 0.178. The standard InChI is InChI=1S/C29H38N6O3/c1-37-26-10-8-25(9-11-26)27-31-29(38-32-27)35-20-18-34(19-21-35)28(36)30-14-5-15-33-16-12-24(13-17-33)22-23-6-3-2-4-7-23/h2-4,6-11,24H,5,12-22H2,1H3,(H,30,36). The normalized spacial score (nSPS) is 17.0. The van der Waals surface area contributed by atoms with Crippen LogP contribution in [0.4, 0.5) is 10.8 Å². The number of rotatable bonds is 9. The zero-order chi connectivity index (χ0) is 26.2. The highest BCUT2D eigenvalue weighted by molar-refractivity contribution is 5.74. The van der Waals surface area contributed by atoms with E-state index in [0.717, 1.165) is 43.3 Å². The molecular formula is C29H38N6O3. The number of urea groups is 1. The lowest BCUT2D eigenvalue weighted by Gasteiger charge is -2.34. The van der Waals surface area contributed by atoms with Gasteiger partial charge in [0.15, 0.2) is 0 Å². The maximum Gasteiger partial charge on any atom is 0.324 e. The summed E-state index contributed by atoms with van der Waals surface area (Å²) in [6, 6.07) is 18.9. The Morgan fingerprint density at radius 2 is 1.74 bits per heavy atom. The molecule has 2 aliphatic heterocycles. The molecule has 2 aromatic carbocycles. The highest BCUT2D eigenvalue weighted by Gasteiger charge is 2.25. The van der Waals surface area contributed by atoms with E-state index in [1.807, 2.05) is 34.1 Å². The fourth-order valence-corrected chi connectivity index (χ4v) is 5.27. The van der Waals surface area contributed by atoms with E-state index in [1.165, 1.54) is 24.8 Å². The van der Waals surface area contributed by atoms with Gasteiger partial charge in [-0.15, -0.1) is 0 Å². The number of benzene rings is 2. The number of hydrogen-bond acceptors (Lipinski definition) is 7. The van der Waals surface area contributed by atoms with Crippen LogP contribution in [0, 0.1) is 5.92 Å². The summed E-state index contributed by atoms with van der Waals surface area (Å²) in [5, 5.41) is 7.22. The number of piperidine rings is 1. The summed E-state index contributed by atoms with van der Waals surface area (Å²) in [6.45, 7) is 6.64. The first-order chi connectivity index (χ1) is 18.7. The van der Waals surface area contributed by atoms with Gasteiger partial charge in [-0.1, -0.05) is 35.5 Å². The summed E-state index contributed by atoms with van der Waals surface area (Å²) in [5.74, 6) is 2.11. The second-order valence-electron chi connectivity index (χ2n) is 10.2. The first-order valence-corrected chi connectivity index (χ1v) is 13.7. The van der Waals surface area contributed by atoms with Gasteiger partial charge in [-0.05, 0) is 81.1 Å². The zero-order valence-corrected chi connectivity index (χ0v) is 22.2. The van der Waals surface area contributed by atoms with E-state index in [0.29, 0.717) is 44.6 Å². The summed E-state index contributed by atoms with van der Waals surface area (Å²) in [5.41, 5.74) is 2.32. The van der Waals surface area contributed by atoms with Gasteiger partial charge in [-0.25, -0.2) is 4.79 Å². The smallest absolute Gasteiger partial charge is 0.324 e. The van der Waals surface area contributed by atoms with Crippen molar-refractivity contribution < 1.29 is 14.1 Å². The molecule has 9 nitrogen and oxygen atoms in total. The number of methoxy groups -OCH3 is 1. The second-order valence-corrected chi connectivity index (χ2v) is 10.2. The SMILES string of the molecule is COc1ccc(-c2noc(N3CCN(C(=O)NCCCN4CCC(Cc5ccccc5)CC4)CC3)n2)cc1. The molecule has 1 N–H and O–H groups in total. The number of hydrogen-bond donors (Lipinski definition) is 1. The van der Waals surface area contributed by atoms with Crippen molar-refractivity contribution in [2.75, 3.05) is 64.4 Å². The average Bonchev–Trinajstić information content (AvgIpc) is 3.47. The molecule has 0 bridgehead atoms. The molecule has 5 rings (SSSR count). The van der Waals surface area contributed by atoms with E-state index in [4.69, 9.17) is 9.26 Å². The minimum Gasteiger partial charge on any atom is -0.497 e. The molecule has 2 amide bonds. The van der Waals surface area contributed by atoms with Gasteiger partial charge in [-0.3, -0.25) is 0 Å². The predicted octanol–water partition coefficient (Wildman–Crippen LogP) is 3.92. The summed E-state index contributed by atoms with van der Waals surface area (Å²) >= 11 is 0. The van der Waals surface area contributed by atoms with Crippen LogP contribution in [0.1, 0.15) is 24.8 Å². The average molecular weight is 519 g/mol. The van der Waals surface area contributed by atoms with Crippen LogP contribution < -0.4 is 15.0 Å². The molecule has 0 atom stereocenters. The quantitative estimate of drug-likeness (QED) is 0.430. The predicted molar refractivity (Wildman–Crippen MR) is 147 cm³/mol. The maximum atomic E-state index is 12.7. The van der Waals surface area contributed by atoms with Crippen LogP contribution in [-0.4, -0.2) is 85.4 Å². The summed E-state index contributed by atoms with van der Waals surface area (Å²) in [4.78, 5) is 23.7. The van der Waals surface area contributed by atoms with E-state index in [9.17, 15) is 4.79 Å². The van der Waals surface area contributed by atoms with Crippen molar-refractivity contribution >= 4 is 12.0 Å². The first kappa shape index (κ1) is 26.0. The van der Waals surface area contributed by atoms with Crippen molar-refractivity contribution in [2.45, 2.75) is 25.7 Å². The van der Waals surface area contributed by atoms with Crippen LogP contribution in [0.2, 0.25) is 0 Å². The van der Waals surface area contributed by atoms with Crippen molar-refractivity contribution in [2.24, 2.45) is 5.92 Å². The zero-order valence-electron chi connectivity index (χ0n) is 22.2. The first-order valence-electron chi connectivity index (χ1n) is 13.7. The van der Waals surface area contributed by atoms with Gasteiger partial charge in [0.1, 0.15) is 5.75 Å². The number of aromatic nitrogens is 2. The fourth-order valence-electron chi connectivity index (χ4n) is 5.27. The topological polar surface area (TPSA) is 87.0 Å². The largest absolute Gasteiger partial charge is 0.497 e. The molecule has 2 fully saturated rings. The van der Waals surface area contributed by atoms with Gasteiger partial charge in [0.05, 0.1) is 7.11 Å². The molecule has 3 heterocycles. The highest BCUT2D eigenvalue weighted by atomic mass is 16.5. The third-order valence-electron chi connectivity index (χ3n) is 7.60. The highest BCUT2D eigenvalue weighted by Crippen LogP contribution is 2.23. The fraction of sp³-hybridized carbons (Fsp3) is 0.483. The Balaban J connectivity index is 0.970. The number of carbonyl (C=O) groups excluding carboxylic acids is 1. The molecular weight excluding hydrogens is 480 g/mol. The van der Waals surface area contributed by atoms with Gasteiger partial charge in [0.25, 0.3) is 0 Å². The number of ether oxygens (including phenoxy) is 1. The number of piperazine rings is 1. The van der Waals surface area contributed by atoms with Crippen LogP contribution >= 0.6 is 0 Å². The Labute approximate surface area is 224 Å². The minimum absolute atomic E-state index is 0.00988. The molecule has 0 radical (unpaired) electrons. The molecule has 0 aliphatic carbocycles. The monoisotopic (exact) mass is 518 g/mol. The third kappa shape index (κ3) is 6.83. The van der Waals surface area contributed by atoms with Crippen molar-refractivity contribution in [1.29, 1.82) is 0 Å². The van der Waals surface area contributed by atoms with Gasteiger partial charge in [0, 0.05) is 38.3 Å². The summed E-state index contributed by atoms with van der Waals surface area (Å²) < 4.78 is 10.7. The lowest BCUT2D eigenvalue weighted by atomic mass is 9.90. The number of anilines is 1. The Bertz CT molecular complexity index is 1140.